The van der Waals surface area contributed by atoms with Crippen LogP contribution in [-0.4, -0.2) is 26.0 Å². The van der Waals surface area contributed by atoms with Gasteiger partial charge in [0.15, 0.2) is 5.82 Å². The number of carbonyl (C=O) groups excluding carboxylic acids is 1. The molecule has 2 unspecified atom stereocenters. The molecule has 1 amide bonds. The lowest BCUT2D eigenvalue weighted by atomic mass is 9.88. The molecular weight excluding hydrogens is 406 g/mol. The zero-order valence-electron chi connectivity index (χ0n) is 16.0. The van der Waals surface area contributed by atoms with Crippen LogP contribution in [0.1, 0.15) is 36.9 Å². The van der Waals surface area contributed by atoms with Gasteiger partial charge in [-0.15, -0.1) is 10.2 Å². The molecule has 0 bridgehead atoms. The highest BCUT2D eigenvalue weighted by atomic mass is 35.5. The van der Waals surface area contributed by atoms with Crippen LogP contribution in [0.2, 0.25) is 5.02 Å². The summed E-state index contributed by atoms with van der Waals surface area (Å²) in [7, 11) is 0. The van der Waals surface area contributed by atoms with Crippen molar-refractivity contribution in [1.29, 1.82) is 0 Å². The van der Waals surface area contributed by atoms with Gasteiger partial charge in [-0.05, 0) is 49.4 Å². The SMILES string of the molecule is CC(Sc1nnc(-c2ccccc2Cl)n1N)C(=O)NC1CCCc2ccccc21. The van der Waals surface area contributed by atoms with E-state index in [1.807, 2.05) is 37.3 Å². The summed E-state index contributed by atoms with van der Waals surface area (Å²) in [5, 5.41) is 12.1. The van der Waals surface area contributed by atoms with Gasteiger partial charge >= 0.3 is 0 Å². The monoisotopic (exact) mass is 427 g/mol. The highest BCUT2D eigenvalue weighted by molar-refractivity contribution is 8.00. The number of nitrogens with zero attached hydrogens (tertiary/aromatic N) is 3. The van der Waals surface area contributed by atoms with Crippen LogP contribution in [0, 0.1) is 0 Å². The fourth-order valence-corrected chi connectivity index (χ4v) is 4.59. The second-order valence-electron chi connectivity index (χ2n) is 7.07. The van der Waals surface area contributed by atoms with Crippen molar-refractivity contribution in [2.24, 2.45) is 0 Å². The highest BCUT2D eigenvalue weighted by Crippen LogP contribution is 2.31. The first-order valence-electron chi connectivity index (χ1n) is 9.55. The molecule has 1 aromatic heterocycles. The zero-order valence-corrected chi connectivity index (χ0v) is 17.6. The molecule has 1 aliphatic rings. The first-order chi connectivity index (χ1) is 14.0. The summed E-state index contributed by atoms with van der Waals surface area (Å²) in [6, 6.07) is 15.7. The Kier molecular flexibility index (Phi) is 5.78. The van der Waals surface area contributed by atoms with Crippen molar-refractivity contribution < 1.29 is 4.79 Å². The summed E-state index contributed by atoms with van der Waals surface area (Å²) in [6.45, 7) is 1.85. The molecule has 29 heavy (non-hydrogen) atoms. The van der Waals surface area contributed by atoms with Crippen LogP contribution in [0.25, 0.3) is 11.4 Å². The number of aromatic nitrogens is 3. The second-order valence-corrected chi connectivity index (χ2v) is 8.78. The van der Waals surface area contributed by atoms with Crippen LogP contribution in [0.5, 0.6) is 0 Å². The Morgan fingerprint density at radius 3 is 2.83 bits per heavy atom. The van der Waals surface area contributed by atoms with Crippen molar-refractivity contribution in [3.05, 3.63) is 64.7 Å². The molecule has 1 aliphatic carbocycles. The summed E-state index contributed by atoms with van der Waals surface area (Å²) in [5.74, 6) is 6.60. The van der Waals surface area contributed by atoms with E-state index in [0.717, 1.165) is 19.3 Å². The quantitative estimate of drug-likeness (QED) is 0.475. The summed E-state index contributed by atoms with van der Waals surface area (Å²) in [6.07, 6.45) is 3.08. The van der Waals surface area contributed by atoms with E-state index in [-0.39, 0.29) is 17.2 Å². The van der Waals surface area contributed by atoms with Gasteiger partial charge in [0.05, 0.1) is 16.3 Å². The number of fused-ring (bicyclic) bond motifs is 1. The lowest BCUT2D eigenvalue weighted by molar-refractivity contribution is -0.121. The molecule has 2 aromatic carbocycles. The molecule has 6 nitrogen and oxygen atoms in total. The van der Waals surface area contributed by atoms with Crippen LogP contribution >= 0.6 is 23.4 Å². The number of benzene rings is 2. The Bertz CT molecular complexity index is 1040. The molecule has 0 fully saturated rings. The Morgan fingerprint density at radius 1 is 1.24 bits per heavy atom. The number of hydrogen-bond acceptors (Lipinski definition) is 5. The third kappa shape index (κ3) is 4.11. The third-order valence-electron chi connectivity index (χ3n) is 5.12. The summed E-state index contributed by atoms with van der Waals surface area (Å²) in [5.41, 5.74) is 3.23. The molecule has 4 rings (SSSR count). The van der Waals surface area contributed by atoms with Crippen molar-refractivity contribution in [2.45, 2.75) is 42.6 Å². The standard InChI is InChI=1S/C21H22ClN5OS/c1-13(20(28)24-18-12-6-8-14-7-2-3-9-15(14)18)29-21-26-25-19(27(21)23)16-10-4-5-11-17(16)22/h2-5,7,9-11,13,18H,6,8,12,23H2,1H3,(H,24,28). The van der Waals surface area contributed by atoms with E-state index >= 15 is 0 Å². The van der Waals surface area contributed by atoms with Crippen LogP contribution in [0.4, 0.5) is 0 Å². The second kappa shape index (κ2) is 8.47. The number of aryl methyl sites for hydroxylation is 1. The van der Waals surface area contributed by atoms with Gasteiger partial charge in [0.25, 0.3) is 0 Å². The zero-order chi connectivity index (χ0) is 20.4. The molecule has 1 heterocycles. The molecule has 0 aliphatic heterocycles. The number of hydrogen-bond donors (Lipinski definition) is 2. The lowest BCUT2D eigenvalue weighted by Gasteiger charge is -2.27. The van der Waals surface area contributed by atoms with Crippen LogP contribution in [0.3, 0.4) is 0 Å². The fraction of sp³-hybridized carbons (Fsp3) is 0.286. The first-order valence-corrected chi connectivity index (χ1v) is 10.8. The summed E-state index contributed by atoms with van der Waals surface area (Å²) < 4.78 is 1.38. The van der Waals surface area contributed by atoms with E-state index < -0.39 is 0 Å². The van der Waals surface area contributed by atoms with E-state index in [1.54, 1.807) is 6.07 Å². The Hall–Kier alpha value is -2.51. The number of nitrogen functional groups attached to an aromatic ring is 1. The average Bonchev–Trinajstić information content (AvgIpc) is 3.08. The van der Waals surface area contributed by atoms with Crippen molar-refractivity contribution in [1.82, 2.24) is 20.2 Å². The van der Waals surface area contributed by atoms with E-state index in [2.05, 4.69) is 27.6 Å². The summed E-state index contributed by atoms with van der Waals surface area (Å²) >= 11 is 7.52. The van der Waals surface area contributed by atoms with Gasteiger partial charge in [-0.2, -0.15) is 0 Å². The van der Waals surface area contributed by atoms with E-state index in [4.69, 9.17) is 17.4 Å². The normalized spacial score (nSPS) is 16.8. The molecule has 0 radical (unpaired) electrons. The topological polar surface area (TPSA) is 85.8 Å². The van der Waals surface area contributed by atoms with Crippen molar-refractivity contribution in [3.63, 3.8) is 0 Å². The molecular formula is C21H22ClN5OS. The molecule has 8 heteroatoms. The molecule has 3 aromatic rings. The average molecular weight is 428 g/mol. The minimum atomic E-state index is -0.366. The van der Waals surface area contributed by atoms with Crippen molar-refractivity contribution >= 4 is 29.3 Å². The number of nitrogens with two attached hydrogens (primary N) is 1. The number of thioether (sulfide) groups is 1. The predicted octanol–water partition coefficient (Wildman–Crippen LogP) is 3.99. The first kappa shape index (κ1) is 19.8. The molecule has 0 spiro atoms. The maximum absolute atomic E-state index is 12.8. The Morgan fingerprint density at radius 2 is 2.00 bits per heavy atom. The largest absolute Gasteiger partial charge is 0.348 e. The van der Waals surface area contributed by atoms with E-state index in [0.29, 0.717) is 21.6 Å². The maximum atomic E-state index is 12.8. The molecule has 0 saturated carbocycles. The van der Waals surface area contributed by atoms with Crippen LogP contribution in [0.15, 0.2) is 53.7 Å². The van der Waals surface area contributed by atoms with Gasteiger partial charge in [0.2, 0.25) is 11.1 Å². The number of halogens is 1. The number of amides is 1. The number of carbonyl (C=O) groups is 1. The van der Waals surface area contributed by atoms with Gasteiger partial charge in [0, 0.05) is 5.56 Å². The molecule has 2 atom stereocenters. The van der Waals surface area contributed by atoms with Crippen molar-refractivity contribution in [3.8, 4) is 11.4 Å². The smallest absolute Gasteiger partial charge is 0.233 e. The highest BCUT2D eigenvalue weighted by Gasteiger charge is 2.25. The van der Waals surface area contributed by atoms with Gasteiger partial charge < -0.3 is 11.2 Å². The van der Waals surface area contributed by atoms with Gasteiger partial charge in [-0.3, -0.25) is 4.79 Å². The minimum Gasteiger partial charge on any atom is -0.348 e. The maximum Gasteiger partial charge on any atom is 0.233 e. The number of rotatable bonds is 5. The van der Waals surface area contributed by atoms with Gasteiger partial charge in [-0.1, -0.05) is 59.8 Å². The van der Waals surface area contributed by atoms with E-state index in [9.17, 15) is 4.79 Å². The van der Waals surface area contributed by atoms with Crippen molar-refractivity contribution in [2.75, 3.05) is 5.84 Å². The minimum absolute atomic E-state index is 0.0426. The molecule has 0 saturated heterocycles. The third-order valence-corrected chi connectivity index (χ3v) is 6.50. The number of nitrogens with one attached hydrogen (secondary N) is 1. The van der Waals surface area contributed by atoms with Gasteiger partial charge in [-0.25, -0.2) is 4.68 Å². The lowest BCUT2D eigenvalue weighted by Crippen LogP contribution is -2.36. The van der Waals surface area contributed by atoms with Gasteiger partial charge in [0.1, 0.15) is 0 Å². The summed E-state index contributed by atoms with van der Waals surface area (Å²) in [4.78, 5) is 12.8. The Labute approximate surface area is 178 Å². The molecule has 3 N–H and O–H groups in total. The van der Waals surface area contributed by atoms with Crippen LogP contribution < -0.4 is 11.2 Å². The fourth-order valence-electron chi connectivity index (χ4n) is 3.59. The Balaban J connectivity index is 1.46. The molecule has 150 valence electrons. The van der Waals surface area contributed by atoms with E-state index in [1.165, 1.54) is 27.6 Å². The van der Waals surface area contributed by atoms with Crippen LogP contribution in [-0.2, 0) is 11.2 Å². The predicted molar refractivity (Wildman–Crippen MR) is 116 cm³/mol.